The number of aliphatic imine (C=N–C) groups is 1. The summed E-state index contributed by atoms with van der Waals surface area (Å²) in [5, 5.41) is 1.98. The zero-order chi connectivity index (χ0) is 16.7. The van der Waals surface area contributed by atoms with E-state index in [0.29, 0.717) is 18.1 Å². The Kier molecular flexibility index (Phi) is 6.11. The van der Waals surface area contributed by atoms with Crippen LogP contribution in [0.25, 0.3) is 0 Å². The molecule has 1 aromatic heterocycles. The van der Waals surface area contributed by atoms with Crippen LogP contribution in [0.2, 0.25) is 0 Å². The molecule has 0 saturated heterocycles. The summed E-state index contributed by atoms with van der Waals surface area (Å²) in [5.41, 5.74) is 1.09. The molecule has 0 saturated carbocycles. The highest BCUT2D eigenvalue weighted by Gasteiger charge is 2.19. The van der Waals surface area contributed by atoms with Crippen LogP contribution >= 0.6 is 11.3 Å². The minimum atomic E-state index is -0.152. The third-order valence-corrected chi connectivity index (χ3v) is 4.10. The summed E-state index contributed by atoms with van der Waals surface area (Å²) in [6.07, 6.45) is 1.58. The van der Waals surface area contributed by atoms with E-state index in [1.165, 1.54) is 0 Å². The summed E-state index contributed by atoms with van der Waals surface area (Å²) in [6, 6.07) is 11.6. The Hall–Kier alpha value is -2.40. The second-order valence-electron chi connectivity index (χ2n) is 4.95. The number of carbonyl (C=O) groups is 1. The highest BCUT2D eigenvalue weighted by Crippen LogP contribution is 2.15. The Morgan fingerprint density at radius 2 is 2.22 bits per heavy atom. The molecular weight excluding hydrogens is 308 g/mol. The smallest absolute Gasteiger partial charge is 0.266 e. The van der Waals surface area contributed by atoms with Crippen LogP contribution in [0.1, 0.15) is 10.4 Å². The van der Waals surface area contributed by atoms with E-state index in [9.17, 15) is 4.79 Å². The minimum Gasteiger partial charge on any atom is -0.484 e. The van der Waals surface area contributed by atoms with Gasteiger partial charge in [0, 0.05) is 11.9 Å². The van der Waals surface area contributed by atoms with Crippen molar-refractivity contribution in [3.8, 4) is 5.75 Å². The highest BCUT2D eigenvalue weighted by molar-refractivity contribution is 7.09. The molecule has 0 atom stereocenters. The second kappa shape index (κ2) is 8.29. The van der Waals surface area contributed by atoms with Gasteiger partial charge in [-0.25, -0.2) is 0 Å². The number of aryl methyl sites for hydroxylation is 1. The molecule has 0 fully saturated rings. The van der Waals surface area contributed by atoms with Gasteiger partial charge in [-0.2, -0.15) is 0 Å². The van der Waals surface area contributed by atoms with Gasteiger partial charge in [-0.3, -0.25) is 14.7 Å². The molecule has 23 heavy (non-hydrogen) atoms. The zero-order valence-corrected chi connectivity index (χ0v) is 14.2. The number of benzene rings is 1. The Morgan fingerprint density at radius 3 is 2.83 bits per heavy atom. The minimum absolute atomic E-state index is 0.0400. The van der Waals surface area contributed by atoms with Crippen LogP contribution in [0.5, 0.6) is 5.75 Å². The molecule has 0 N–H and O–H groups in total. The molecule has 2 rings (SSSR count). The van der Waals surface area contributed by atoms with Gasteiger partial charge in [-0.15, -0.1) is 11.3 Å². The Bertz CT molecular complexity index is 693. The summed E-state index contributed by atoms with van der Waals surface area (Å²) >= 11 is 1.60. The molecular formula is C18H20N2O2S. The van der Waals surface area contributed by atoms with Gasteiger partial charge >= 0.3 is 0 Å². The van der Waals surface area contributed by atoms with E-state index < -0.39 is 0 Å². The molecule has 4 nitrogen and oxygen atoms in total. The van der Waals surface area contributed by atoms with E-state index >= 15 is 0 Å². The van der Waals surface area contributed by atoms with Crippen LogP contribution < -0.4 is 4.74 Å². The topological polar surface area (TPSA) is 41.9 Å². The van der Waals surface area contributed by atoms with Crippen LogP contribution in [-0.4, -0.2) is 30.3 Å². The first-order chi connectivity index (χ1) is 11.1. The van der Waals surface area contributed by atoms with Crippen molar-refractivity contribution in [2.75, 3.05) is 13.7 Å². The van der Waals surface area contributed by atoms with Crippen molar-refractivity contribution in [3.63, 3.8) is 0 Å². The zero-order valence-electron chi connectivity index (χ0n) is 13.4. The van der Waals surface area contributed by atoms with Gasteiger partial charge < -0.3 is 4.74 Å². The third-order valence-electron chi connectivity index (χ3n) is 3.24. The van der Waals surface area contributed by atoms with Crippen LogP contribution in [0, 0.1) is 6.92 Å². The fourth-order valence-corrected chi connectivity index (χ4v) is 2.80. The third kappa shape index (κ3) is 4.79. The Morgan fingerprint density at radius 1 is 1.39 bits per heavy atom. The largest absolute Gasteiger partial charge is 0.484 e. The Balaban J connectivity index is 2.08. The molecule has 0 aliphatic carbocycles. The fraction of sp³-hybridized carbons (Fsp3) is 0.222. The van der Waals surface area contributed by atoms with Crippen molar-refractivity contribution < 1.29 is 9.53 Å². The van der Waals surface area contributed by atoms with E-state index in [0.717, 1.165) is 10.4 Å². The van der Waals surface area contributed by atoms with Gasteiger partial charge in [-0.05, 0) is 42.1 Å². The molecule has 1 aromatic carbocycles. The average molecular weight is 328 g/mol. The summed E-state index contributed by atoms with van der Waals surface area (Å²) in [7, 11) is 1.65. The number of hydrogen-bond acceptors (Lipinski definition) is 4. The maximum Gasteiger partial charge on any atom is 0.266 e. The summed E-state index contributed by atoms with van der Waals surface area (Å²) < 4.78 is 5.61. The summed E-state index contributed by atoms with van der Waals surface area (Å²) in [4.78, 5) is 19.4. The number of rotatable bonds is 6. The maximum atomic E-state index is 12.6. The molecule has 0 aliphatic heterocycles. The lowest BCUT2D eigenvalue weighted by atomic mass is 10.2. The SMILES string of the molecule is C=CC(=NC)N(Cc1cccs1)C(=O)COc1cccc(C)c1. The number of carbonyl (C=O) groups excluding carboxylic acids is 1. The average Bonchev–Trinajstić information content (AvgIpc) is 3.06. The van der Waals surface area contributed by atoms with Gasteiger partial charge in [0.15, 0.2) is 6.61 Å². The van der Waals surface area contributed by atoms with Crippen LogP contribution in [0.3, 0.4) is 0 Å². The number of amidine groups is 1. The molecule has 0 aliphatic rings. The first-order valence-corrected chi connectivity index (χ1v) is 8.13. The maximum absolute atomic E-state index is 12.6. The predicted octanol–water partition coefficient (Wildman–Crippen LogP) is 3.68. The Labute approximate surface area is 140 Å². The lowest BCUT2D eigenvalue weighted by Crippen LogP contribution is -2.38. The van der Waals surface area contributed by atoms with Gasteiger partial charge in [0.1, 0.15) is 11.6 Å². The fourth-order valence-electron chi connectivity index (χ4n) is 2.11. The van der Waals surface area contributed by atoms with Crippen molar-refractivity contribution in [1.82, 2.24) is 4.90 Å². The second-order valence-corrected chi connectivity index (χ2v) is 5.98. The standard InChI is InChI=1S/C18H20N2O2S/c1-4-17(19-3)20(12-16-9-6-10-23-16)18(21)13-22-15-8-5-7-14(2)11-15/h4-11H,1,12-13H2,2-3H3. The molecule has 120 valence electrons. The molecule has 0 radical (unpaired) electrons. The van der Waals surface area contributed by atoms with Gasteiger partial charge in [-0.1, -0.05) is 24.8 Å². The van der Waals surface area contributed by atoms with Gasteiger partial charge in [0.25, 0.3) is 5.91 Å². The monoisotopic (exact) mass is 328 g/mol. The molecule has 0 bridgehead atoms. The lowest BCUT2D eigenvalue weighted by Gasteiger charge is -2.22. The number of hydrogen-bond donors (Lipinski definition) is 0. The van der Waals surface area contributed by atoms with Crippen molar-refractivity contribution in [2.24, 2.45) is 4.99 Å². The first kappa shape index (κ1) is 17.0. The van der Waals surface area contributed by atoms with Crippen LogP contribution in [0.4, 0.5) is 0 Å². The lowest BCUT2D eigenvalue weighted by molar-refractivity contribution is -0.129. The summed E-state index contributed by atoms with van der Waals surface area (Å²) in [6.45, 7) is 6.14. The normalized spacial score (nSPS) is 11.1. The summed E-state index contributed by atoms with van der Waals surface area (Å²) in [5.74, 6) is 1.07. The number of ether oxygens (including phenoxy) is 1. The first-order valence-electron chi connectivity index (χ1n) is 7.25. The number of nitrogens with zero attached hydrogens (tertiary/aromatic N) is 2. The van der Waals surface area contributed by atoms with Crippen molar-refractivity contribution >= 4 is 23.1 Å². The van der Waals surface area contributed by atoms with Crippen molar-refractivity contribution in [1.29, 1.82) is 0 Å². The quantitative estimate of drug-likeness (QED) is 0.599. The molecule has 1 amide bonds. The van der Waals surface area contributed by atoms with Crippen molar-refractivity contribution in [3.05, 3.63) is 64.9 Å². The van der Waals surface area contributed by atoms with Crippen LogP contribution in [-0.2, 0) is 11.3 Å². The van der Waals surface area contributed by atoms with Crippen LogP contribution in [0.15, 0.2) is 59.4 Å². The van der Waals surface area contributed by atoms with E-state index in [4.69, 9.17) is 4.74 Å². The molecule has 2 aromatic rings. The van der Waals surface area contributed by atoms with E-state index in [1.807, 2.05) is 48.7 Å². The van der Waals surface area contributed by atoms with E-state index in [-0.39, 0.29) is 12.5 Å². The molecule has 0 spiro atoms. The van der Waals surface area contributed by atoms with E-state index in [2.05, 4.69) is 11.6 Å². The van der Waals surface area contributed by atoms with E-state index in [1.54, 1.807) is 29.4 Å². The molecule has 1 heterocycles. The van der Waals surface area contributed by atoms with Gasteiger partial charge in [0.05, 0.1) is 6.54 Å². The predicted molar refractivity (Wildman–Crippen MR) is 95.1 cm³/mol. The highest BCUT2D eigenvalue weighted by atomic mass is 32.1. The number of thiophene rings is 1. The van der Waals surface area contributed by atoms with Crippen molar-refractivity contribution in [2.45, 2.75) is 13.5 Å². The molecule has 5 heteroatoms. The van der Waals surface area contributed by atoms with Gasteiger partial charge in [0.2, 0.25) is 0 Å². The number of amides is 1. The molecule has 0 unspecified atom stereocenters.